The van der Waals surface area contributed by atoms with Gasteiger partial charge in [0.25, 0.3) is 0 Å². The zero-order chi connectivity index (χ0) is 20.6. The second kappa shape index (κ2) is 10.7. The predicted octanol–water partition coefficient (Wildman–Crippen LogP) is 4.02. The molecule has 3 rings (SSSR count). The first kappa shape index (κ1) is 21.8. The Morgan fingerprint density at radius 3 is 2.62 bits per heavy atom. The Kier molecular flexibility index (Phi) is 8.06. The van der Waals surface area contributed by atoms with E-state index >= 15 is 0 Å². The van der Waals surface area contributed by atoms with Crippen LogP contribution in [0.3, 0.4) is 0 Å². The van der Waals surface area contributed by atoms with Crippen LogP contribution >= 0.6 is 23.8 Å². The summed E-state index contributed by atoms with van der Waals surface area (Å²) >= 11 is 12.0. The van der Waals surface area contributed by atoms with Gasteiger partial charge in [-0.25, -0.2) is 4.39 Å². The molecule has 1 saturated heterocycles. The molecule has 0 bridgehead atoms. The molecule has 0 aliphatic carbocycles. The van der Waals surface area contributed by atoms with E-state index in [1.807, 2.05) is 12.1 Å². The molecule has 0 aromatic heterocycles. The van der Waals surface area contributed by atoms with Crippen LogP contribution in [0.2, 0.25) is 5.02 Å². The van der Waals surface area contributed by atoms with Crippen LogP contribution in [-0.2, 0) is 11.3 Å². The van der Waals surface area contributed by atoms with E-state index in [-0.39, 0.29) is 5.82 Å². The van der Waals surface area contributed by atoms with Gasteiger partial charge in [-0.3, -0.25) is 4.90 Å². The number of thiocarbonyl (C=S) groups is 1. The number of nitrogens with one attached hydrogen (secondary N) is 1. The number of ether oxygens (including phenoxy) is 2. The molecule has 29 heavy (non-hydrogen) atoms. The number of halogens is 2. The second-order valence-corrected chi connectivity index (χ2v) is 7.57. The first-order valence-corrected chi connectivity index (χ1v) is 10.3. The van der Waals surface area contributed by atoms with Gasteiger partial charge in [0.2, 0.25) is 0 Å². The van der Waals surface area contributed by atoms with Crippen molar-refractivity contribution in [3.8, 4) is 5.75 Å². The van der Waals surface area contributed by atoms with E-state index in [1.54, 1.807) is 25.3 Å². The van der Waals surface area contributed by atoms with Crippen LogP contribution in [0.25, 0.3) is 0 Å². The molecule has 2 aromatic rings. The van der Waals surface area contributed by atoms with Gasteiger partial charge in [0.15, 0.2) is 5.11 Å². The van der Waals surface area contributed by atoms with Gasteiger partial charge in [-0.15, -0.1) is 0 Å². The summed E-state index contributed by atoms with van der Waals surface area (Å²) in [5.41, 5.74) is 1.70. The highest BCUT2D eigenvalue weighted by Crippen LogP contribution is 2.27. The van der Waals surface area contributed by atoms with Crippen LogP contribution in [0.15, 0.2) is 42.5 Å². The third-order valence-electron chi connectivity index (χ3n) is 4.78. The lowest BCUT2D eigenvalue weighted by atomic mass is 10.2. The zero-order valence-corrected chi connectivity index (χ0v) is 17.9. The lowest BCUT2D eigenvalue weighted by Gasteiger charge is -2.31. The number of hydrogen-bond acceptors (Lipinski definition) is 4. The lowest BCUT2D eigenvalue weighted by Crippen LogP contribution is -2.44. The van der Waals surface area contributed by atoms with Gasteiger partial charge < -0.3 is 19.7 Å². The SMILES string of the molecule is COc1ccc(NC(=S)N(CCN2CCOCC2)Cc2ccc(F)cc2)c(Cl)c1. The molecule has 1 aliphatic heterocycles. The van der Waals surface area contributed by atoms with Crippen molar-refractivity contribution in [1.29, 1.82) is 0 Å². The Bertz CT molecular complexity index is 816. The number of anilines is 1. The molecule has 1 N–H and O–H groups in total. The van der Waals surface area contributed by atoms with Crippen molar-refractivity contribution in [1.82, 2.24) is 9.80 Å². The van der Waals surface area contributed by atoms with Gasteiger partial charge >= 0.3 is 0 Å². The Morgan fingerprint density at radius 1 is 1.24 bits per heavy atom. The molecule has 0 atom stereocenters. The van der Waals surface area contributed by atoms with Gasteiger partial charge in [-0.1, -0.05) is 23.7 Å². The number of hydrogen-bond donors (Lipinski definition) is 1. The van der Waals surface area contributed by atoms with Crippen LogP contribution in [0.5, 0.6) is 5.75 Å². The average Bonchev–Trinajstić information content (AvgIpc) is 2.74. The normalized spacial score (nSPS) is 14.4. The van der Waals surface area contributed by atoms with Crippen molar-refractivity contribution in [2.24, 2.45) is 0 Å². The summed E-state index contributed by atoms with van der Waals surface area (Å²) in [4.78, 5) is 4.42. The van der Waals surface area contributed by atoms with Crippen molar-refractivity contribution >= 4 is 34.6 Å². The highest BCUT2D eigenvalue weighted by atomic mass is 35.5. The van der Waals surface area contributed by atoms with Gasteiger partial charge in [0.05, 0.1) is 31.0 Å². The third-order valence-corrected chi connectivity index (χ3v) is 5.45. The Morgan fingerprint density at radius 2 is 1.97 bits per heavy atom. The fraction of sp³-hybridized carbons (Fsp3) is 0.381. The molecular weight excluding hydrogens is 413 g/mol. The predicted molar refractivity (Wildman–Crippen MR) is 118 cm³/mol. The summed E-state index contributed by atoms with van der Waals surface area (Å²) < 4.78 is 23.9. The number of nitrogens with zero attached hydrogens (tertiary/aromatic N) is 2. The van der Waals surface area contributed by atoms with Crippen molar-refractivity contribution in [2.45, 2.75) is 6.54 Å². The summed E-state index contributed by atoms with van der Waals surface area (Å²) in [5.74, 6) is 0.432. The minimum Gasteiger partial charge on any atom is -0.497 e. The summed E-state index contributed by atoms with van der Waals surface area (Å²) in [6.07, 6.45) is 0. The number of morpholine rings is 1. The highest BCUT2D eigenvalue weighted by molar-refractivity contribution is 7.80. The maximum Gasteiger partial charge on any atom is 0.173 e. The molecule has 0 unspecified atom stereocenters. The smallest absolute Gasteiger partial charge is 0.173 e. The molecule has 0 saturated carbocycles. The van der Waals surface area contributed by atoms with E-state index in [1.165, 1.54) is 12.1 Å². The average molecular weight is 438 g/mol. The highest BCUT2D eigenvalue weighted by Gasteiger charge is 2.16. The minimum atomic E-state index is -0.251. The minimum absolute atomic E-state index is 0.251. The van der Waals surface area contributed by atoms with Crippen molar-refractivity contribution in [2.75, 3.05) is 51.8 Å². The Hall–Kier alpha value is -1.93. The Balaban J connectivity index is 1.69. The van der Waals surface area contributed by atoms with Crippen LogP contribution in [0.4, 0.5) is 10.1 Å². The molecule has 0 spiro atoms. The van der Waals surface area contributed by atoms with E-state index in [9.17, 15) is 4.39 Å². The summed E-state index contributed by atoms with van der Waals surface area (Å²) in [6.45, 7) is 5.50. The maximum atomic E-state index is 13.3. The molecule has 0 amide bonds. The quantitative estimate of drug-likeness (QED) is 0.659. The van der Waals surface area contributed by atoms with Gasteiger partial charge in [-0.2, -0.15) is 0 Å². The van der Waals surface area contributed by atoms with Crippen molar-refractivity contribution < 1.29 is 13.9 Å². The van der Waals surface area contributed by atoms with E-state index in [2.05, 4.69) is 15.1 Å². The van der Waals surface area contributed by atoms with E-state index in [0.717, 1.165) is 45.0 Å². The van der Waals surface area contributed by atoms with Crippen LogP contribution < -0.4 is 10.1 Å². The number of methoxy groups -OCH3 is 1. The molecule has 156 valence electrons. The second-order valence-electron chi connectivity index (χ2n) is 6.78. The molecular formula is C21H25ClFN3O2S. The molecule has 8 heteroatoms. The van der Waals surface area contributed by atoms with Gasteiger partial charge in [0, 0.05) is 38.8 Å². The van der Waals surface area contributed by atoms with Gasteiger partial charge in [0.1, 0.15) is 11.6 Å². The molecule has 1 aliphatic rings. The van der Waals surface area contributed by atoms with Crippen LogP contribution in [-0.4, -0.2) is 61.4 Å². The fourth-order valence-electron chi connectivity index (χ4n) is 3.07. The zero-order valence-electron chi connectivity index (χ0n) is 16.4. The standard InChI is InChI=1S/C21H25ClFN3O2S/c1-27-18-6-7-20(19(22)14-18)24-21(29)26(9-8-25-10-12-28-13-11-25)15-16-2-4-17(23)5-3-16/h2-7,14H,8-13,15H2,1H3,(H,24,29). The third kappa shape index (κ3) is 6.54. The topological polar surface area (TPSA) is 37.0 Å². The molecule has 2 aromatic carbocycles. The van der Waals surface area contributed by atoms with Crippen LogP contribution in [0.1, 0.15) is 5.56 Å². The molecule has 1 heterocycles. The first-order chi connectivity index (χ1) is 14.0. The fourth-order valence-corrected chi connectivity index (χ4v) is 3.55. The summed E-state index contributed by atoms with van der Waals surface area (Å²) in [6, 6.07) is 11.9. The molecule has 1 fully saturated rings. The van der Waals surface area contributed by atoms with E-state index in [0.29, 0.717) is 28.1 Å². The van der Waals surface area contributed by atoms with E-state index < -0.39 is 0 Å². The maximum absolute atomic E-state index is 13.3. The van der Waals surface area contributed by atoms with Crippen molar-refractivity contribution in [3.05, 3.63) is 58.9 Å². The summed E-state index contributed by atoms with van der Waals surface area (Å²) in [7, 11) is 1.60. The number of benzene rings is 2. The number of rotatable bonds is 7. The summed E-state index contributed by atoms with van der Waals surface area (Å²) in [5, 5.41) is 4.33. The molecule has 5 nitrogen and oxygen atoms in total. The van der Waals surface area contributed by atoms with Crippen molar-refractivity contribution in [3.63, 3.8) is 0 Å². The lowest BCUT2D eigenvalue weighted by molar-refractivity contribution is 0.0358. The molecule has 0 radical (unpaired) electrons. The first-order valence-electron chi connectivity index (χ1n) is 9.49. The van der Waals surface area contributed by atoms with Gasteiger partial charge in [-0.05, 0) is 42.0 Å². The monoisotopic (exact) mass is 437 g/mol. The largest absolute Gasteiger partial charge is 0.497 e. The van der Waals surface area contributed by atoms with E-state index in [4.69, 9.17) is 33.3 Å². The Labute approximate surface area is 181 Å². The van der Waals surface area contributed by atoms with Crippen LogP contribution in [0, 0.1) is 5.82 Å².